The zero-order valence-electron chi connectivity index (χ0n) is 15.7. The molecule has 7 heteroatoms. The van der Waals surface area contributed by atoms with Gasteiger partial charge < -0.3 is 10.1 Å². The molecule has 0 aliphatic rings. The average molecular weight is 404 g/mol. The third-order valence-electron chi connectivity index (χ3n) is 3.83. The topological polar surface area (TPSA) is 55.4 Å². The number of amides is 1. The molecule has 0 heterocycles. The van der Waals surface area contributed by atoms with Crippen LogP contribution in [0.1, 0.15) is 59.8 Å². The highest BCUT2D eigenvalue weighted by Gasteiger charge is 2.21. The number of benzene rings is 1. The molecule has 146 valence electrons. The van der Waals surface area contributed by atoms with Gasteiger partial charge in [-0.05, 0) is 38.8 Å². The molecule has 0 fully saturated rings. The molecule has 0 aliphatic carbocycles. The number of carbonyl (C=O) groups is 2. The molecule has 0 saturated heterocycles. The lowest BCUT2D eigenvalue weighted by molar-refractivity contribution is -0.147. The van der Waals surface area contributed by atoms with Crippen molar-refractivity contribution in [3.05, 3.63) is 23.0 Å². The second-order valence-electron chi connectivity index (χ2n) is 6.18. The smallest absolute Gasteiger partial charge is 0.319 e. The Morgan fingerprint density at radius 2 is 1.96 bits per heavy atom. The molecule has 1 amide bonds. The van der Waals surface area contributed by atoms with E-state index < -0.39 is 11.1 Å². The van der Waals surface area contributed by atoms with Gasteiger partial charge in [0.2, 0.25) is 5.91 Å². The number of hydrogen-bond donors (Lipinski definition) is 1. The van der Waals surface area contributed by atoms with Crippen LogP contribution in [0.25, 0.3) is 0 Å². The molecule has 0 radical (unpaired) electrons. The van der Waals surface area contributed by atoms with Gasteiger partial charge in [0.05, 0.1) is 16.8 Å². The van der Waals surface area contributed by atoms with Crippen molar-refractivity contribution in [1.82, 2.24) is 0 Å². The summed E-state index contributed by atoms with van der Waals surface area (Å²) in [7, 11) is 0. The van der Waals surface area contributed by atoms with E-state index in [-0.39, 0.29) is 28.7 Å². The predicted molar refractivity (Wildman–Crippen MR) is 105 cm³/mol. The lowest BCUT2D eigenvalue weighted by Gasteiger charge is -2.16. The largest absolute Gasteiger partial charge is 0.462 e. The fourth-order valence-corrected chi connectivity index (χ4v) is 3.25. The highest BCUT2D eigenvalue weighted by atomic mass is 35.5. The molecule has 0 aliphatic heterocycles. The molecule has 0 bridgehead atoms. The van der Waals surface area contributed by atoms with Crippen LogP contribution < -0.4 is 5.32 Å². The van der Waals surface area contributed by atoms with Gasteiger partial charge in [-0.3, -0.25) is 9.59 Å². The minimum absolute atomic E-state index is 0.0703. The first-order valence-electron chi connectivity index (χ1n) is 8.94. The molecular weight excluding hydrogens is 377 g/mol. The SMILES string of the molecule is CCCCCC(=O)Nc1cc(SC(C)C(=O)OC(C)CC)c(Cl)cc1F. The van der Waals surface area contributed by atoms with Gasteiger partial charge in [0.25, 0.3) is 0 Å². The monoisotopic (exact) mass is 403 g/mol. The standard InChI is InChI=1S/C19H27ClFNO3S/c1-5-7-8-9-18(23)22-16-11-17(14(20)10-15(16)21)26-13(4)19(24)25-12(3)6-2/h10-13H,5-9H2,1-4H3,(H,22,23). The number of nitrogens with one attached hydrogen (secondary N) is 1. The Morgan fingerprint density at radius 3 is 2.58 bits per heavy atom. The molecule has 1 aromatic carbocycles. The molecule has 0 saturated carbocycles. The summed E-state index contributed by atoms with van der Waals surface area (Å²) in [6.45, 7) is 7.51. The summed E-state index contributed by atoms with van der Waals surface area (Å²) in [6.07, 6.45) is 3.64. The van der Waals surface area contributed by atoms with E-state index in [4.69, 9.17) is 16.3 Å². The lowest BCUT2D eigenvalue weighted by atomic mass is 10.2. The van der Waals surface area contributed by atoms with Crippen LogP contribution in [-0.2, 0) is 14.3 Å². The number of thioether (sulfide) groups is 1. The molecule has 0 aromatic heterocycles. The van der Waals surface area contributed by atoms with Gasteiger partial charge in [-0.25, -0.2) is 4.39 Å². The fraction of sp³-hybridized carbons (Fsp3) is 0.579. The molecule has 2 unspecified atom stereocenters. The Kier molecular flexibility index (Phi) is 10.0. The number of carbonyl (C=O) groups excluding carboxylic acids is 2. The maximum absolute atomic E-state index is 14.1. The van der Waals surface area contributed by atoms with Gasteiger partial charge in [-0.1, -0.05) is 38.3 Å². The number of hydrogen-bond acceptors (Lipinski definition) is 4. The summed E-state index contributed by atoms with van der Waals surface area (Å²) < 4.78 is 19.4. The number of halogens is 2. The van der Waals surface area contributed by atoms with E-state index in [0.29, 0.717) is 11.3 Å². The van der Waals surface area contributed by atoms with E-state index in [1.54, 1.807) is 6.92 Å². The van der Waals surface area contributed by atoms with Crippen molar-refractivity contribution in [2.24, 2.45) is 0 Å². The van der Waals surface area contributed by atoms with E-state index in [0.717, 1.165) is 31.7 Å². The lowest BCUT2D eigenvalue weighted by Crippen LogP contribution is -2.22. The Labute approximate surface area is 164 Å². The summed E-state index contributed by atoms with van der Waals surface area (Å²) >= 11 is 7.27. The molecule has 2 atom stereocenters. The summed E-state index contributed by atoms with van der Waals surface area (Å²) in [5.74, 6) is -1.19. The molecule has 1 rings (SSSR count). The van der Waals surface area contributed by atoms with Gasteiger partial charge in [0.15, 0.2) is 0 Å². The third kappa shape index (κ3) is 7.54. The van der Waals surface area contributed by atoms with Gasteiger partial charge >= 0.3 is 5.97 Å². The van der Waals surface area contributed by atoms with Crippen LogP contribution in [0.4, 0.5) is 10.1 Å². The summed E-state index contributed by atoms with van der Waals surface area (Å²) in [4.78, 5) is 24.5. The van der Waals surface area contributed by atoms with Gasteiger partial charge in [-0.15, -0.1) is 11.8 Å². The first-order chi connectivity index (χ1) is 12.3. The van der Waals surface area contributed by atoms with Gasteiger partial charge in [0, 0.05) is 11.3 Å². The molecule has 26 heavy (non-hydrogen) atoms. The van der Waals surface area contributed by atoms with Crippen LogP contribution >= 0.6 is 23.4 Å². The normalized spacial score (nSPS) is 13.2. The van der Waals surface area contributed by atoms with Crippen LogP contribution in [0, 0.1) is 5.82 Å². The summed E-state index contributed by atoms with van der Waals surface area (Å²) in [5, 5.41) is 2.27. The molecular formula is C19H27ClFNO3S. The minimum Gasteiger partial charge on any atom is -0.462 e. The zero-order valence-corrected chi connectivity index (χ0v) is 17.3. The molecule has 1 N–H and O–H groups in total. The Hall–Kier alpha value is -1.27. The van der Waals surface area contributed by atoms with Crippen molar-refractivity contribution < 1.29 is 18.7 Å². The highest BCUT2D eigenvalue weighted by molar-refractivity contribution is 8.00. The van der Waals surface area contributed by atoms with E-state index in [1.807, 2.05) is 20.8 Å². The van der Waals surface area contributed by atoms with Crippen LogP contribution in [0.5, 0.6) is 0 Å². The number of anilines is 1. The van der Waals surface area contributed by atoms with Crippen molar-refractivity contribution in [3.63, 3.8) is 0 Å². The minimum atomic E-state index is -0.599. The second-order valence-corrected chi connectivity index (χ2v) is 7.97. The third-order valence-corrected chi connectivity index (χ3v) is 5.39. The second kappa shape index (κ2) is 11.4. The maximum atomic E-state index is 14.1. The Morgan fingerprint density at radius 1 is 1.27 bits per heavy atom. The zero-order chi connectivity index (χ0) is 19.7. The number of ether oxygens (including phenoxy) is 1. The predicted octanol–water partition coefficient (Wildman–Crippen LogP) is 5.82. The van der Waals surface area contributed by atoms with Crippen molar-refractivity contribution >= 4 is 40.9 Å². The van der Waals surface area contributed by atoms with Crippen LogP contribution in [0.3, 0.4) is 0 Å². The highest BCUT2D eigenvalue weighted by Crippen LogP contribution is 2.35. The summed E-state index contributed by atoms with van der Waals surface area (Å²) in [6, 6.07) is 2.62. The molecule has 1 aromatic rings. The van der Waals surface area contributed by atoms with Crippen LogP contribution in [0.15, 0.2) is 17.0 Å². The van der Waals surface area contributed by atoms with Crippen molar-refractivity contribution in [3.8, 4) is 0 Å². The first-order valence-corrected chi connectivity index (χ1v) is 10.2. The number of rotatable bonds is 10. The fourth-order valence-electron chi connectivity index (χ4n) is 2.08. The Bertz CT molecular complexity index is 627. The van der Waals surface area contributed by atoms with E-state index in [1.165, 1.54) is 17.8 Å². The summed E-state index contributed by atoms with van der Waals surface area (Å²) in [5.41, 5.74) is 0.0703. The van der Waals surface area contributed by atoms with Crippen molar-refractivity contribution in [2.45, 2.75) is 76.0 Å². The van der Waals surface area contributed by atoms with E-state index in [2.05, 4.69) is 5.32 Å². The van der Waals surface area contributed by atoms with E-state index >= 15 is 0 Å². The molecule has 4 nitrogen and oxygen atoms in total. The Balaban J connectivity index is 2.80. The van der Waals surface area contributed by atoms with Crippen LogP contribution in [-0.4, -0.2) is 23.2 Å². The quantitative estimate of drug-likeness (QED) is 0.304. The van der Waals surface area contributed by atoms with Gasteiger partial charge in [-0.2, -0.15) is 0 Å². The number of esters is 1. The average Bonchev–Trinajstić information content (AvgIpc) is 2.58. The van der Waals surface area contributed by atoms with Crippen molar-refractivity contribution in [1.29, 1.82) is 0 Å². The maximum Gasteiger partial charge on any atom is 0.319 e. The number of unbranched alkanes of at least 4 members (excludes halogenated alkanes) is 2. The first kappa shape index (κ1) is 22.8. The van der Waals surface area contributed by atoms with Crippen molar-refractivity contribution in [2.75, 3.05) is 5.32 Å². The molecule has 0 spiro atoms. The van der Waals surface area contributed by atoms with Crippen LogP contribution in [0.2, 0.25) is 5.02 Å². The van der Waals surface area contributed by atoms with E-state index in [9.17, 15) is 14.0 Å². The van der Waals surface area contributed by atoms with Gasteiger partial charge in [0.1, 0.15) is 11.1 Å².